The predicted octanol–water partition coefficient (Wildman–Crippen LogP) is 1.54. The van der Waals surface area contributed by atoms with Crippen LogP contribution in [-0.2, 0) is 16.1 Å². The first-order chi connectivity index (χ1) is 8.33. The summed E-state index contributed by atoms with van der Waals surface area (Å²) < 4.78 is 0. The quantitative estimate of drug-likeness (QED) is 0.860. The van der Waals surface area contributed by atoms with E-state index in [0.717, 1.165) is 5.56 Å². The second kappa shape index (κ2) is 5.62. The number of hydrogen-bond acceptors (Lipinski definition) is 3. The molecule has 98 valence electrons. The van der Waals surface area contributed by atoms with Gasteiger partial charge in [-0.1, -0.05) is 19.9 Å². The van der Waals surface area contributed by atoms with Crippen molar-refractivity contribution in [2.24, 2.45) is 5.41 Å². The Labute approximate surface area is 106 Å². The lowest BCUT2D eigenvalue weighted by Gasteiger charge is -2.28. The van der Waals surface area contributed by atoms with Crippen LogP contribution in [0.25, 0.3) is 0 Å². The summed E-state index contributed by atoms with van der Waals surface area (Å²) in [7, 11) is 1.67. The lowest BCUT2D eigenvalue weighted by Crippen LogP contribution is -2.39. The maximum atomic E-state index is 12.1. The van der Waals surface area contributed by atoms with Gasteiger partial charge in [0.1, 0.15) is 0 Å². The van der Waals surface area contributed by atoms with E-state index in [0.29, 0.717) is 6.54 Å². The molecule has 0 bridgehead atoms. The average molecular weight is 250 g/mol. The molecule has 1 amide bonds. The lowest BCUT2D eigenvalue weighted by atomic mass is 9.87. The summed E-state index contributed by atoms with van der Waals surface area (Å²) in [6, 6.07) is 3.68. The standard InChI is InChI=1S/C13H18N2O3/c1-13(2,7-11(16)17)12(18)15(3)9-10-5-4-6-14-8-10/h4-6,8H,7,9H2,1-3H3,(H,16,17). The zero-order chi connectivity index (χ0) is 13.8. The first-order valence-electron chi connectivity index (χ1n) is 5.69. The molecule has 0 aliphatic carbocycles. The summed E-state index contributed by atoms with van der Waals surface area (Å²) in [6.45, 7) is 3.71. The number of nitrogens with zero attached hydrogens (tertiary/aromatic N) is 2. The van der Waals surface area contributed by atoms with E-state index in [2.05, 4.69) is 4.98 Å². The molecule has 1 rings (SSSR count). The number of carbonyl (C=O) groups is 2. The van der Waals surface area contributed by atoms with Crippen LogP contribution in [0.5, 0.6) is 0 Å². The van der Waals surface area contributed by atoms with Gasteiger partial charge in [-0.3, -0.25) is 14.6 Å². The molecule has 0 atom stereocenters. The molecule has 1 aromatic rings. The number of pyridine rings is 1. The number of aliphatic carboxylic acids is 1. The van der Waals surface area contributed by atoms with E-state index in [-0.39, 0.29) is 12.3 Å². The van der Waals surface area contributed by atoms with E-state index >= 15 is 0 Å². The van der Waals surface area contributed by atoms with Crippen molar-refractivity contribution in [3.63, 3.8) is 0 Å². The smallest absolute Gasteiger partial charge is 0.304 e. The number of rotatable bonds is 5. The van der Waals surface area contributed by atoms with E-state index in [9.17, 15) is 9.59 Å². The summed E-state index contributed by atoms with van der Waals surface area (Å²) in [6.07, 6.45) is 3.18. The summed E-state index contributed by atoms with van der Waals surface area (Å²) in [5, 5.41) is 8.79. The molecular weight excluding hydrogens is 232 g/mol. The highest BCUT2D eigenvalue weighted by Gasteiger charge is 2.32. The fraction of sp³-hybridized carbons (Fsp3) is 0.462. The second-order valence-electron chi connectivity index (χ2n) is 4.98. The molecule has 0 aliphatic rings. The Morgan fingerprint density at radius 3 is 2.61 bits per heavy atom. The molecule has 0 radical (unpaired) electrons. The molecule has 18 heavy (non-hydrogen) atoms. The van der Waals surface area contributed by atoms with E-state index in [1.165, 1.54) is 4.90 Å². The number of carboxylic acid groups (broad SMARTS) is 1. The Morgan fingerprint density at radius 2 is 2.11 bits per heavy atom. The van der Waals surface area contributed by atoms with Gasteiger partial charge < -0.3 is 10.0 Å². The van der Waals surface area contributed by atoms with Crippen molar-refractivity contribution in [1.29, 1.82) is 0 Å². The van der Waals surface area contributed by atoms with Crippen LogP contribution in [0.4, 0.5) is 0 Å². The maximum absolute atomic E-state index is 12.1. The second-order valence-corrected chi connectivity index (χ2v) is 4.98. The third-order valence-corrected chi connectivity index (χ3v) is 2.66. The first-order valence-corrected chi connectivity index (χ1v) is 5.69. The summed E-state index contributed by atoms with van der Waals surface area (Å²) in [5.74, 6) is -1.16. The van der Waals surface area contributed by atoms with Crippen LogP contribution in [0.15, 0.2) is 24.5 Å². The molecule has 1 N–H and O–H groups in total. The number of aromatic nitrogens is 1. The summed E-state index contributed by atoms with van der Waals surface area (Å²) in [4.78, 5) is 28.4. The minimum Gasteiger partial charge on any atom is -0.481 e. The van der Waals surface area contributed by atoms with Gasteiger partial charge in [0, 0.05) is 26.0 Å². The van der Waals surface area contributed by atoms with Gasteiger partial charge in [0.2, 0.25) is 5.91 Å². The van der Waals surface area contributed by atoms with Crippen LogP contribution in [-0.4, -0.2) is 33.9 Å². The number of hydrogen-bond donors (Lipinski definition) is 1. The first kappa shape index (κ1) is 14.2. The largest absolute Gasteiger partial charge is 0.481 e. The molecule has 0 unspecified atom stereocenters. The average Bonchev–Trinajstić information content (AvgIpc) is 2.27. The van der Waals surface area contributed by atoms with E-state index in [1.807, 2.05) is 6.07 Å². The van der Waals surface area contributed by atoms with Gasteiger partial charge in [0.25, 0.3) is 0 Å². The van der Waals surface area contributed by atoms with Gasteiger partial charge in [0.15, 0.2) is 0 Å². The predicted molar refractivity (Wildman–Crippen MR) is 66.7 cm³/mol. The third kappa shape index (κ3) is 3.84. The van der Waals surface area contributed by atoms with Gasteiger partial charge in [-0.2, -0.15) is 0 Å². The van der Waals surface area contributed by atoms with Crippen LogP contribution >= 0.6 is 0 Å². The molecule has 1 aromatic heterocycles. The molecule has 0 saturated heterocycles. The molecular formula is C13H18N2O3. The van der Waals surface area contributed by atoms with Crippen molar-refractivity contribution >= 4 is 11.9 Å². The zero-order valence-electron chi connectivity index (χ0n) is 10.9. The maximum Gasteiger partial charge on any atom is 0.304 e. The molecule has 0 aliphatic heterocycles. The van der Waals surface area contributed by atoms with Crippen LogP contribution < -0.4 is 0 Å². The number of amides is 1. The van der Waals surface area contributed by atoms with Crippen molar-refractivity contribution < 1.29 is 14.7 Å². The molecule has 1 heterocycles. The highest BCUT2D eigenvalue weighted by atomic mass is 16.4. The number of carboxylic acids is 1. The molecule has 5 nitrogen and oxygen atoms in total. The van der Waals surface area contributed by atoms with Crippen molar-refractivity contribution in [3.05, 3.63) is 30.1 Å². The Morgan fingerprint density at radius 1 is 1.44 bits per heavy atom. The Hall–Kier alpha value is -1.91. The fourth-order valence-corrected chi connectivity index (χ4v) is 1.81. The van der Waals surface area contributed by atoms with Gasteiger partial charge >= 0.3 is 5.97 Å². The Bertz CT molecular complexity index is 429. The van der Waals surface area contributed by atoms with Gasteiger partial charge in [-0.15, -0.1) is 0 Å². The molecule has 0 aromatic carbocycles. The topological polar surface area (TPSA) is 70.5 Å². The number of carbonyl (C=O) groups excluding carboxylic acids is 1. The summed E-state index contributed by atoms with van der Waals surface area (Å²) in [5.41, 5.74) is 0.0162. The lowest BCUT2D eigenvalue weighted by molar-refractivity contribution is -0.148. The minimum atomic E-state index is -0.969. The Kier molecular flexibility index (Phi) is 4.42. The fourth-order valence-electron chi connectivity index (χ4n) is 1.81. The zero-order valence-corrected chi connectivity index (χ0v) is 10.9. The van der Waals surface area contributed by atoms with Crippen LogP contribution in [0.1, 0.15) is 25.8 Å². The normalized spacial score (nSPS) is 11.1. The van der Waals surface area contributed by atoms with E-state index < -0.39 is 11.4 Å². The van der Waals surface area contributed by atoms with E-state index in [4.69, 9.17) is 5.11 Å². The molecule has 0 fully saturated rings. The minimum absolute atomic E-state index is 0.177. The highest BCUT2D eigenvalue weighted by molar-refractivity contribution is 5.86. The van der Waals surface area contributed by atoms with Gasteiger partial charge in [-0.25, -0.2) is 0 Å². The van der Waals surface area contributed by atoms with Crippen molar-refractivity contribution in [2.45, 2.75) is 26.8 Å². The van der Waals surface area contributed by atoms with Gasteiger partial charge in [-0.05, 0) is 11.6 Å². The third-order valence-electron chi connectivity index (χ3n) is 2.66. The van der Waals surface area contributed by atoms with E-state index in [1.54, 1.807) is 39.4 Å². The van der Waals surface area contributed by atoms with Crippen LogP contribution in [0.2, 0.25) is 0 Å². The monoisotopic (exact) mass is 250 g/mol. The molecule has 0 spiro atoms. The Balaban J connectivity index is 2.69. The van der Waals surface area contributed by atoms with Crippen molar-refractivity contribution in [3.8, 4) is 0 Å². The van der Waals surface area contributed by atoms with Gasteiger partial charge in [0.05, 0.1) is 11.8 Å². The van der Waals surface area contributed by atoms with Crippen LogP contribution in [0, 0.1) is 5.41 Å². The summed E-state index contributed by atoms with van der Waals surface area (Å²) >= 11 is 0. The SMILES string of the molecule is CN(Cc1cccnc1)C(=O)C(C)(C)CC(=O)O. The molecule has 5 heteroatoms. The highest BCUT2D eigenvalue weighted by Crippen LogP contribution is 2.23. The van der Waals surface area contributed by atoms with Crippen molar-refractivity contribution in [2.75, 3.05) is 7.05 Å². The van der Waals surface area contributed by atoms with Crippen LogP contribution in [0.3, 0.4) is 0 Å². The van der Waals surface area contributed by atoms with Crippen molar-refractivity contribution in [1.82, 2.24) is 9.88 Å². The molecule has 0 saturated carbocycles.